The number of rotatable bonds is 6. The van der Waals surface area contributed by atoms with E-state index < -0.39 is 6.04 Å². The Labute approximate surface area is 106 Å². The van der Waals surface area contributed by atoms with Crippen LogP contribution in [0.2, 0.25) is 0 Å². The molecule has 1 unspecified atom stereocenters. The van der Waals surface area contributed by atoms with Crippen LogP contribution in [0.1, 0.15) is 25.3 Å². The number of hydrogen-bond acceptors (Lipinski definition) is 4. The van der Waals surface area contributed by atoms with Crippen LogP contribution in [0.3, 0.4) is 0 Å². The number of ether oxygens (including phenoxy) is 1. The minimum absolute atomic E-state index is 0. The number of hydrogen-bond donors (Lipinski definition) is 1. The summed E-state index contributed by atoms with van der Waals surface area (Å²) in [7, 11) is 0. The molecule has 0 fully saturated rings. The lowest BCUT2D eigenvalue weighted by Gasteiger charge is -2.10. The Bertz CT molecular complexity index is 290. The van der Waals surface area contributed by atoms with Gasteiger partial charge in [-0.2, -0.15) is 11.3 Å². The Balaban J connectivity index is 0.00000225. The fraction of sp³-hybridized carbons (Fsp3) is 0.545. The van der Waals surface area contributed by atoms with E-state index in [4.69, 9.17) is 10.5 Å². The van der Waals surface area contributed by atoms with Gasteiger partial charge in [0.05, 0.1) is 6.61 Å². The molecule has 5 heteroatoms. The van der Waals surface area contributed by atoms with E-state index in [2.05, 4.69) is 6.92 Å². The molecule has 1 heterocycles. The second-order valence-corrected chi connectivity index (χ2v) is 4.24. The largest absolute Gasteiger partial charge is 0.465 e. The summed E-state index contributed by atoms with van der Waals surface area (Å²) in [6.07, 6.45) is 2.48. The van der Waals surface area contributed by atoms with Gasteiger partial charge in [-0.25, -0.2) is 0 Å². The van der Waals surface area contributed by atoms with E-state index in [1.165, 1.54) is 0 Å². The minimum atomic E-state index is -0.531. The average molecular weight is 264 g/mol. The Kier molecular flexibility index (Phi) is 8.25. The Morgan fingerprint density at radius 2 is 2.38 bits per heavy atom. The summed E-state index contributed by atoms with van der Waals surface area (Å²) in [5.41, 5.74) is 6.82. The molecule has 92 valence electrons. The van der Waals surface area contributed by atoms with Crippen LogP contribution in [-0.4, -0.2) is 18.6 Å². The van der Waals surface area contributed by atoms with Crippen molar-refractivity contribution in [3.05, 3.63) is 22.4 Å². The molecule has 0 amide bonds. The summed E-state index contributed by atoms with van der Waals surface area (Å²) in [4.78, 5) is 11.4. The Morgan fingerprint density at radius 3 is 2.94 bits per heavy atom. The molecule has 0 aliphatic heterocycles. The summed E-state index contributed by atoms with van der Waals surface area (Å²) in [5, 5.41) is 3.98. The van der Waals surface area contributed by atoms with Crippen LogP contribution in [0.5, 0.6) is 0 Å². The maximum atomic E-state index is 11.4. The van der Waals surface area contributed by atoms with Gasteiger partial charge in [0.2, 0.25) is 0 Å². The van der Waals surface area contributed by atoms with Crippen molar-refractivity contribution in [2.24, 2.45) is 5.73 Å². The first-order valence-corrected chi connectivity index (χ1v) is 6.11. The monoisotopic (exact) mass is 263 g/mol. The summed E-state index contributed by atoms with van der Waals surface area (Å²) < 4.78 is 5.03. The maximum absolute atomic E-state index is 11.4. The highest BCUT2D eigenvalue weighted by Crippen LogP contribution is 2.08. The molecular weight excluding hydrogens is 246 g/mol. The van der Waals surface area contributed by atoms with E-state index in [0.717, 1.165) is 18.4 Å². The second-order valence-electron chi connectivity index (χ2n) is 3.46. The molecule has 0 saturated heterocycles. The van der Waals surface area contributed by atoms with Crippen LogP contribution in [0.25, 0.3) is 0 Å². The van der Waals surface area contributed by atoms with E-state index in [1.54, 1.807) is 11.3 Å². The first-order valence-electron chi connectivity index (χ1n) is 5.17. The van der Waals surface area contributed by atoms with Crippen LogP contribution in [0, 0.1) is 0 Å². The van der Waals surface area contributed by atoms with E-state index in [-0.39, 0.29) is 18.4 Å². The molecule has 0 bridgehead atoms. The molecule has 3 nitrogen and oxygen atoms in total. The molecule has 0 radical (unpaired) electrons. The molecule has 1 rings (SSSR count). The molecule has 1 aromatic heterocycles. The molecule has 0 spiro atoms. The van der Waals surface area contributed by atoms with Gasteiger partial charge in [0.25, 0.3) is 0 Å². The van der Waals surface area contributed by atoms with Gasteiger partial charge in [-0.3, -0.25) is 4.79 Å². The van der Waals surface area contributed by atoms with Crippen LogP contribution in [0.15, 0.2) is 16.8 Å². The smallest absolute Gasteiger partial charge is 0.323 e. The fourth-order valence-corrected chi connectivity index (χ4v) is 1.85. The minimum Gasteiger partial charge on any atom is -0.465 e. The Morgan fingerprint density at radius 1 is 1.62 bits per heavy atom. The van der Waals surface area contributed by atoms with Gasteiger partial charge in [0.15, 0.2) is 0 Å². The molecule has 0 aliphatic carbocycles. The van der Waals surface area contributed by atoms with E-state index in [9.17, 15) is 4.79 Å². The van der Waals surface area contributed by atoms with Crippen LogP contribution in [0.4, 0.5) is 0 Å². The molecular formula is C11H18ClNO2S. The van der Waals surface area contributed by atoms with E-state index >= 15 is 0 Å². The lowest BCUT2D eigenvalue weighted by Crippen LogP contribution is -2.34. The molecule has 2 N–H and O–H groups in total. The third-order valence-electron chi connectivity index (χ3n) is 2.08. The predicted octanol–water partition coefficient (Wildman–Crippen LogP) is 2.38. The quantitative estimate of drug-likeness (QED) is 0.633. The number of unbranched alkanes of at least 4 members (excludes halogenated alkanes) is 1. The van der Waals surface area contributed by atoms with Crippen molar-refractivity contribution in [3.63, 3.8) is 0 Å². The lowest BCUT2D eigenvalue weighted by atomic mass is 10.1. The zero-order chi connectivity index (χ0) is 11.1. The first kappa shape index (κ1) is 15.4. The summed E-state index contributed by atoms with van der Waals surface area (Å²) in [5.74, 6) is -0.297. The number of halogens is 1. The van der Waals surface area contributed by atoms with Crippen molar-refractivity contribution in [1.29, 1.82) is 0 Å². The number of carbonyl (C=O) groups is 1. The van der Waals surface area contributed by atoms with Gasteiger partial charge < -0.3 is 10.5 Å². The third-order valence-corrected chi connectivity index (χ3v) is 2.81. The van der Waals surface area contributed by atoms with E-state index in [0.29, 0.717) is 13.0 Å². The zero-order valence-electron chi connectivity index (χ0n) is 9.35. The molecule has 0 saturated carbocycles. The average Bonchev–Trinajstić information content (AvgIpc) is 2.70. The van der Waals surface area contributed by atoms with Gasteiger partial charge >= 0.3 is 5.97 Å². The summed E-state index contributed by atoms with van der Waals surface area (Å²) in [6, 6.07) is 1.44. The number of carbonyl (C=O) groups excluding carboxylic acids is 1. The molecule has 0 aromatic carbocycles. The zero-order valence-corrected chi connectivity index (χ0v) is 11.0. The van der Waals surface area contributed by atoms with Crippen LogP contribution < -0.4 is 5.73 Å². The van der Waals surface area contributed by atoms with Crippen molar-refractivity contribution in [2.45, 2.75) is 32.2 Å². The van der Waals surface area contributed by atoms with Crippen molar-refractivity contribution in [3.8, 4) is 0 Å². The third kappa shape index (κ3) is 5.49. The fourth-order valence-electron chi connectivity index (χ4n) is 1.17. The maximum Gasteiger partial charge on any atom is 0.323 e. The molecule has 1 aromatic rings. The van der Waals surface area contributed by atoms with Crippen LogP contribution in [-0.2, 0) is 16.0 Å². The first-order chi connectivity index (χ1) is 7.24. The van der Waals surface area contributed by atoms with Crippen molar-refractivity contribution in [2.75, 3.05) is 6.61 Å². The van der Waals surface area contributed by atoms with Crippen LogP contribution >= 0.6 is 23.7 Å². The normalized spacial score (nSPS) is 11.6. The summed E-state index contributed by atoms with van der Waals surface area (Å²) >= 11 is 1.61. The Hall–Kier alpha value is -0.580. The van der Waals surface area contributed by atoms with Gasteiger partial charge in [-0.1, -0.05) is 13.3 Å². The number of thiophene rings is 1. The molecule has 16 heavy (non-hydrogen) atoms. The van der Waals surface area contributed by atoms with Gasteiger partial charge in [0.1, 0.15) is 6.04 Å². The van der Waals surface area contributed by atoms with Gasteiger partial charge in [-0.05, 0) is 35.2 Å². The highest BCUT2D eigenvalue weighted by atomic mass is 35.5. The summed E-state index contributed by atoms with van der Waals surface area (Å²) in [6.45, 7) is 2.53. The standard InChI is InChI=1S/C11H17NO2S.ClH/c1-2-3-5-14-11(13)10(12)7-9-4-6-15-8-9;/h4,6,8,10H,2-3,5,7,12H2,1H3;1H. The number of nitrogens with two attached hydrogens (primary N) is 1. The van der Waals surface area contributed by atoms with Crippen molar-refractivity contribution in [1.82, 2.24) is 0 Å². The molecule has 0 aliphatic rings. The van der Waals surface area contributed by atoms with E-state index in [1.807, 2.05) is 16.8 Å². The number of esters is 1. The highest BCUT2D eigenvalue weighted by Gasteiger charge is 2.15. The highest BCUT2D eigenvalue weighted by molar-refractivity contribution is 7.07. The van der Waals surface area contributed by atoms with Gasteiger partial charge in [0, 0.05) is 0 Å². The predicted molar refractivity (Wildman–Crippen MR) is 69.1 cm³/mol. The SMILES string of the molecule is CCCCOC(=O)C(N)Cc1ccsc1.Cl. The topological polar surface area (TPSA) is 52.3 Å². The second kappa shape index (κ2) is 8.56. The lowest BCUT2D eigenvalue weighted by molar-refractivity contribution is -0.145. The van der Waals surface area contributed by atoms with Gasteiger partial charge in [-0.15, -0.1) is 12.4 Å². The molecule has 1 atom stereocenters. The van der Waals surface area contributed by atoms with Crippen molar-refractivity contribution >= 4 is 29.7 Å². The van der Waals surface area contributed by atoms with Crippen molar-refractivity contribution < 1.29 is 9.53 Å².